The molecule has 1 saturated carbocycles. The summed E-state index contributed by atoms with van der Waals surface area (Å²) in [6.45, 7) is 14.6. The minimum Gasteiger partial charge on any atom is -0.508 e. The van der Waals surface area contributed by atoms with Crippen LogP contribution in [-0.2, 0) is 16.0 Å². The van der Waals surface area contributed by atoms with Crippen LogP contribution in [-0.4, -0.2) is 81.9 Å². The molecule has 2 saturated heterocycles. The van der Waals surface area contributed by atoms with Gasteiger partial charge in [0.05, 0.1) is 22.9 Å². The highest BCUT2D eigenvalue weighted by atomic mass is 28.3. The van der Waals surface area contributed by atoms with Crippen LogP contribution < -0.4 is 20.0 Å². The number of aryl methyl sites for hydroxylation is 1. The van der Waals surface area contributed by atoms with E-state index in [2.05, 4.69) is 50.0 Å². The number of rotatable bonds is 10. The highest BCUT2D eigenvalue weighted by molar-refractivity contribution is 7.24. The number of aromatic hydroxyl groups is 1. The van der Waals surface area contributed by atoms with E-state index in [0.29, 0.717) is 59.9 Å². The van der Waals surface area contributed by atoms with E-state index in [0.717, 1.165) is 23.2 Å². The lowest BCUT2D eigenvalue weighted by Crippen LogP contribution is -2.72. The summed E-state index contributed by atoms with van der Waals surface area (Å²) >= 11 is 0. The first-order chi connectivity index (χ1) is 30.5. The van der Waals surface area contributed by atoms with Crippen molar-refractivity contribution in [1.82, 2.24) is 19.9 Å². The largest absolute Gasteiger partial charge is 0.508 e. The van der Waals surface area contributed by atoms with Crippen molar-refractivity contribution in [3.8, 4) is 23.0 Å². The van der Waals surface area contributed by atoms with Gasteiger partial charge in [-0.2, -0.15) is 9.97 Å². The van der Waals surface area contributed by atoms with E-state index in [1.807, 2.05) is 73.9 Å². The van der Waals surface area contributed by atoms with E-state index >= 15 is 13.6 Å². The van der Waals surface area contributed by atoms with Crippen LogP contribution in [0, 0.1) is 17.0 Å². The van der Waals surface area contributed by atoms with Crippen LogP contribution in [0.15, 0.2) is 91.1 Å². The lowest BCUT2D eigenvalue weighted by Gasteiger charge is -2.44. The van der Waals surface area contributed by atoms with Gasteiger partial charge in [0.2, 0.25) is 0 Å². The predicted octanol–water partition coefficient (Wildman–Crippen LogP) is 9.31. The number of amides is 1. The fourth-order valence-electron chi connectivity index (χ4n) is 10.4. The maximum Gasteiger partial charge on any atom is 0.410 e. The van der Waals surface area contributed by atoms with Gasteiger partial charge < -0.3 is 24.3 Å². The number of phenolic OH excluding ortho intramolecular Hbond substituents is 1. The number of halogens is 2. The number of piperazine rings is 1. The molecule has 332 valence electrons. The second kappa shape index (κ2) is 15.9. The molecule has 3 aliphatic rings. The minimum atomic E-state index is -3.20. The third-order valence-electron chi connectivity index (χ3n) is 13.5. The fraction of sp³-hybridized carbons (Fsp3) is 0.392. The first kappa shape index (κ1) is 43.3. The van der Waals surface area contributed by atoms with Gasteiger partial charge in [0.1, 0.15) is 46.2 Å². The first-order valence-corrected chi connectivity index (χ1v) is 24.3. The third-order valence-corrected chi connectivity index (χ3v) is 19.3. The summed E-state index contributed by atoms with van der Waals surface area (Å²) < 4.78 is 45.2. The molecule has 10 nitrogen and oxygen atoms in total. The molecule has 1 amide bonds. The topological polar surface area (TPSA) is 118 Å². The Bertz CT molecular complexity index is 2740. The van der Waals surface area contributed by atoms with Crippen molar-refractivity contribution >= 4 is 57.4 Å². The molecule has 9 rings (SSSR count). The quantitative estimate of drug-likeness (QED) is 0.134. The zero-order chi connectivity index (χ0) is 45.3. The molecule has 64 heavy (non-hydrogen) atoms. The van der Waals surface area contributed by atoms with Crippen molar-refractivity contribution in [2.45, 2.75) is 103 Å². The van der Waals surface area contributed by atoms with E-state index in [1.54, 1.807) is 6.07 Å². The van der Waals surface area contributed by atoms with Gasteiger partial charge in [0, 0.05) is 24.8 Å². The maximum atomic E-state index is 17.5. The van der Waals surface area contributed by atoms with Gasteiger partial charge in [-0.15, -0.1) is 0 Å². The van der Waals surface area contributed by atoms with E-state index in [1.165, 1.54) is 24.4 Å². The summed E-state index contributed by atoms with van der Waals surface area (Å²) in [5.74, 6) is -0.958. The molecule has 2 atom stereocenters. The van der Waals surface area contributed by atoms with Gasteiger partial charge >= 0.3 is 12.1 Å². The second-order valence-electron chi connectivity index (χ2n) is 19.8. The third kappa shape index (κ3) is 7.35. The lowest BCUT2D eigenvalue weighted by atomic mass is 9.94. The molecule has 3 fully saturated rings. The molecule has 0 spiro atoms. The summed E-state index contributed by atoms with van der Waals surface area (Å²) in [5, 5.41) is 14.0. The number of hydrogen-bond acceptors (Lipinski definition) is 9. The molecule has 2 aliphatic heterocycles. The zero-order valence-corrected chi connectivity index (χ0v) is 38.5. The number of hydrogen-bond donors (Lipinski definition) is 1. The number of pyridine rings is 1. The van der Waals surface area contributed by atoms with Crippen LogP contribution in [0.25, 0.3) is 32.9 Å². The Kier molecular flexibility index (Phi) is 10.8. The zero-order valence-electron chi connectivity index (χ0n) is 37.5. The van der Waals surface area contributed by atoms with Gasteiger partial charge in [0.25, 0.3) is 0 Å². The van der Waals surface area contributed by atoms with Crippen LogP contribution in [0.1, 0.15) is 79.7 Å². The summed E-state index contributed by atoms with van der Waals surface area (Å²) in [6, 6.07) is 25.6. The van der Waals surface area contributed by atoms with Gasteiger partial charge in [-0.1, -0.05) is 94.4 Å². The smallest absolute Gasteiger partial charge is 0.410 e. The Labute approximate surface area is 373 Å². The Hall–Kier alpha value is -5.95. The number of benzene rings is 4. The van der Waals surface area contributed by atoms with E-state index < -0.39 is 35.8 Å². The van der Waals surface area contributed by atoms with Crippen LogP contribution in [0.3, 0.4) is 0 Å². The van der Waals surface area contributed by atoms with E-state index in [-0.39, 0.29) is 58.7 Å². The molecule has 0 radical (unpaired) electrons. The van der Waals surface area contributed by atoms with Crippen molar-refractivity contribution in [2.24, 2.45) is 5.41 Å². The van der Waals surface area contributed by atoms with Crippen molar-refractivity contribution in [2.75, 3.05) is 24.6 Å². The standard InChI is InChI=1S/C51H55F2N5O5Si/c1-8-37-40(52)22-19-31-25-34(59)26-38(41(31)37)43-42(53)44-39(27-54-43)45(57-28-32-20-21-33(29-57)58(32)48(61)63-49(2,3)4)56-47(55-44)62-30-51(23-24-51)46(60)64(50(5,6)7,35-15-11-9-12-16-35)36-17-13-10-14-18-36/h9-19,22,25-27,32-33,59H,8,20-21,23-24,28-30H2,1-7H3. The lowest BCUT2D eigenvalue weighted by molar-refractivity contribution is -0.118. The summed E-state index contributed by atoms with van der Waals surface area (Å²) in [4.78, 5) is 47.3. The number of ether oxygens (including phenoxy) is 2. The Morgan fingerprint density at radius 3 is 2.06 bits per heavy atom. The average Bonchev–Trinajstić information content (AvgIpc) is 4.00. The molecule has 1 aliphatic carbocycles. The second-order valence-corrected chi connectivity index (χ2v) is 24.4. The number of carbonyl (C=O) groups is 2. The molecule has 2 bridgehead atoms. The molecule has 13 heteroatoms. The first-order valence-electron chi connectivity index (χ1n) is 22.3. The Morgan fingerprint density at radius 2 is 1.50 bits per heavy atom. The van der Waals surface area contributed by atoms with Crippen molar-refractivity contribution < 1.29 is 33.0 Å². The highest BCUT2D eigenvalue weighted by Crippen LogP contribution is 2.52. The number of carbonyl (C=O) groups excluding carboxylic acids is 2. The van der Waals surface area contributed by atoms with Crippen LogP contribution in [0.4, 0.5) is 19.4 Å². The number of aromatic nitrogens is 3. The Morgan fingerprint density at radius 1 is 0.875 bits per heavy atom. The monoisotopic (exact) mass is 883 g/mol. The summed E-state index contributed by atoms with van der Waals surface area (Å²) in [5.41, 5.74) is -1.07. The summed E-state index contributed by atoms with van der Waals surface area (Å²) in [6.07, 6.45) is 4.24. The fourth-order valence-corrected chi connectivity index (χ4v) is 16.2. The predicted molar refractivity (Wildman–Crippen MR) is 248 cm³/mol. The van der Waals surface area contributed by atoms with Gasteiger partial charge in [-0.3, -0.25) is 9.88 Å². The number of fused-ring (bicyclic) bond motifs is 4. The number of anilines is 1. The minimum absolute atomic E-state index is 0.00512. The van der Waals surface area contributed by atoms with Gasteiger partial charge in [-0.05, 0) is 103 Å². The molecular formula is C51H55F2N5O5Si. The normalized spacial score (nSPS) is 18.4. The molecule has 2 aromatic heterocycles. The highest BCUT2D eigenvalue weighted by Gasteiger charge is 2.64. The molecule has 2 unspecified atom stereocenters. The van der Waals surface area contributed by atoms with Crippen LogP contribution in [0.2, 0.25) is 5.04 Å². The molecular weight excluding hydrogens is 829 g/mol. The van der Waals surface area contributed by atoms with E-state index in [9.17, 15) is 9.90 Å². The van der Waals surface area contributed by atoms with Gasteiger partial charge in [-0.25, -0.2) is 13.6 Å². The molecule has 6 aromatic rings. The number of nitrogens with zero attached hydrogens (tertiary/aromatic N) is 5. The van der Waals surface area contributed by atoms with Crippen LogP contribution >= 0.6 is 0 Å². The molecule has 1 N–H and O–H groups in total. The SMILES string of the molecule is CCc1c(F)ccc2cc(O)cc(-c3ncc4c(N5CC6CCC(C5)N6C(=O)OC(C)(C)C)nc(OCC5(C(=O)[Si](c6ccccc6)(c6ccccc6)C(C)(C)C)CC5)nc4c3F)c12. The van der Waals surface area contributed by atoms with E-state index in [4.69, 9.17) is 19.4 Å². The van der Waals surface area contributed by atoms with Crippen molar-refractivity contribution in [3.05, 3.63) is 108 Å². The molecule has 4 aromatic carbocycles. The van der Waals surface area contributed by atoms with Crippen molar-refractivity contribution in [3.63, 3.8) is 0 Å². The van der Waals surface area contributed by atoms with Gasteiger partial charge in [0.15, 0.2) is 13.9 Å². The molecule has 4 heterocycles. The summed E-state index contributed by atoms with van der Waals surface area (Å²) in [7, 11) is -3.20. The number of phenols is 1. The van der Waals surface area contributed by atoms with Crippen LogP contribution in [0.5, 0.6) is 11.8 Å². The average molecular weight is 884 g/mol. The maximum absolute atomic E-state index is 17.5. The van der Waals surface area contributed by atoms with Crippen molar-refractivity contribution in [1.29, 1.82) is 0 Å². The Balaban J connectivity index is 1.15.